The van der Waals surface area contributed by atoms with E-state index in [0.29, 0.717) is 0 Å². The zero-order chi connectivity index (χ0) is 14.7. The van der Waals surface area contributed by atoms with Crippen LogP contribution in [-0.4, -0.2) is 16.7 Å². The minimum absolute atomic E-state index is 0.227. The minimum Gasteiger partial charge on any atom is -0.368 e. The molecule has 2 aromatic rings. The Kier molecular flexibility index (Phi) is 4.32. The van der Waals surface area contributed by atoms with E-state index in [-0.39, 0.29) is 5.82 Å². The Hall–Kier alpha value is -1.97. The van der Waals surface area contributed by atoms with E-state index in [1.165, 1.54) is 12.1 Å². The number of rotatable bonds is 4. The number of aryl methyl sites for hydroxylation is 1. The second-order valence-electron chi connectivity index (χ2n) is 5.03. The molecule has 2 rings (SSSR count). The van der Waals surface area contributed by atoms with E-state index in [0.717, 1.165) is 46.7 Å². The third-order valence-electron chi connectivity index (χ3n) is 3.51. The molecule has 1 N–H and O–H groups in total. The lowest BCUT2D eigenvalue weighted by molar-refractivity contribution is 0.627. The maximum atomic E-state index is 13.2. The fourth-order valence-corrected chi connectivity index (χ4v) is 2.17. The quantitative estimate of drug-likeness (QED) is 0.914. The van der Waals surface area contributed by atoms with Crippen molar-refractivity contribution in [1.82, 2.24) is 10.2 Å². The molecule has 0 radical (unpaired) electrons. The van der Waals surface area contributed by atoms with Crippen LogP contribution in [0.15, 0.2) is 18.2 Å². The third-order valence-corrected chi connectivity index (χ3v) is 3.51. The Balaban J connectivity index is 2.45. The molecule has 20 heavy (non-hydrogen) atoms. The number of nitrogens with one attached hydrogen (secondary N) is 1. The highest BCUT2D eigenvalue weighted by Gasteiger charge is 2.13. The topological polar surface area (TPSA) is 37.8 Å². The molecule has 0 atom stereocenters. The molecule has 1 heterocycles. The van der Waals surface area contributed by atoms with Crippen LogP contribution in [0.1, 0.15) is 30.0 Å². The Morgan fingerprint density at radius 1 is 1.10 bits per heavy atom. The first kappa shape index (κ1) is 14.4. The predicted molar refractivity (Wildman–Crippen MR) is 80.4 cm³/mol. The summed E-state index contributed by atoms with van der Waals surface area (Å²) in [4.78, 5) is 0. The lowest BCUT2D eigenvalue weighted by Crippen LogP contribution is -2.07. The van der Waals surface area contributed by atoms with Crippen LogP contribution in [0.3, 0.4) is 0 Å². The number of hydrogen-bond donors (Lipinski definition) is 1. The van der Waals surface area contributed by atoms with E-state index in [1.807, 2.05) is 20.8 Å². The van der Waals surface area contributed by atoms with Crippen molar-refractivity contribution in [3.05, 3.63) is 40.7 Å². The average Bonchev–Trinajstić information content (AvgIpc) is 2.41. The molecule has 1 aromatic heterocycles. The Morgan fingerprint density at radius 2 is 1.85 bits per heavy atom. The number of aromatic nitrogens is 2. The minimum atomic E-state index is -0.227. The fraction of sp³-hybridized carbons (Fsp3) is 0.375. The summed E-state index contributed by atoms with van der Waals surface area (Å²) in [5.74, 6) is 0.600. The fourth-order valence-electron chi connectivity index (χ4n) is 2.17. The van der Waals surface area contributed by atoms with Gasteiger partial charge in [0, 0.05) is 12.1 Å². The zero-order valence-corrected chi connectivity index (χ0v) is 12.4. The van der Waals surface area contributed by atoms with Crippen LogP contribution in [0.5, 0.6) is 0 Å². The summed E-state index contributed by atoms with van der Waals surface area (Å²) < 4.78 is 13.2. The van der Waals surface area contributed by atoms with Crippen LogP contribution in [0.25, 0.3) is 11.3 Å². The summed E-state index contributed by atoms with van der Waals surface area (Å²) in [5.41, 5.74) is 4.79. The van der Waals surface area contributed by atoms with Gasteiger partial charge in [-0.15, -0.1) is 10.2 Å². The van der Waals surface area contributed by atoms with Gasteiger partial charge in [0.2, 0.25) is 0 Å². The molecule has 0 saturated heterocycles. The SMILES string of the molecule is CCCNc1nnc(-c2ccc(F)cc2C)c(C)c1C. The van der Waals surface area contributed by atoms with Crippen molar-refractivity contribution in [2.45, 2.75) is 34.1 Å². The predicted octanol–water partition coefficient (Wildman–Crippen LogP) is 4.03. The number of anilines is 1. The molecule has 0 fully saturated rings. The molecule has 0 amide bonds. The van der Waals surface area contributed by atoms with E-state index in [9.17, 15) is 4.39 Å². The summed E-state index contributed by atoms with van der Waals surface area (Å²) in [5, 5.41) is 11.9. The molecule has 0 aliphatic heterocycles. The Labute approximate surface area is 119 Å². The first-order chi connectivity index (χ1) is 9.54. The van der Waals surface area contributed by atoms with Gasteiger partial charge in [-0.1, -0.05) is 6.92 Å². The first-order valence-corrected chi connectivity index (χ1v) is 6.88. The third kappa shape index (κ3) is 2.79. The summed E-state index contributed by atoms with van der Waals surface area (Å²) in [7, 11) is 0. The maximum Gasteiger partial charge on any atom is 0.151 e. The lowest BCUT2D eigenvalue weighted by atomic mass is 10.00. The number of halogens is 1. The lowest BCUT2D eigenvalue weighted by Gasteiger charge is -2.13. The molecule has 4 heteroatoms. The standard InChI is InChI=1S/C16H20FN3/c1-5-8-18-16-12(4)11(3)15(19-20-16)14-7-6-13(17)9-10(14)2/h6-7,9H,5,8H2,1-4H3,(H,18,20). The van der Waals surface area contributed by atoms with Crippen LogP contribution in [0, 0.1) is 26.6 Å². The van der Waals surface area contributed by atoms with Crippen molar-refractivity contribution >= 4 is 5.82 Å². The largest absolute Gasteiger partial charge is 0.368 e. The Bertz CT molecular complexity index is 623. The molecule has 0 saturated carbocycles. The summed E-state index contributed by atoms with van der Waals surface area (Å²) in [6.07, 6.45) is 1.04. The average molecular weight is 273 g/mol. The second kappa shape index (κ2) is 5.99. The van der Waals surface area contributed by atoms with Gasteiger partial charge in [0.05, 0.1) is 5.69 Å². The summed E-state index contributed by atoms with van der Waals surface area (Å²) in [6.45, 7) is 8.94. The van der Waals surface area contributed by atoms with E-state index in [4.69, 9.17) is 0 Å². The number of benzene rings is 1. The van der Waals surface area contributed by atoms with Gasteiger partial charge in [-0.2, -0.15) is 0 Å². The van der Waals surface area contributed by atoms with Crippen LogP contribution in [-0.2, 0) is 0 Å². The first-order valence-electron chi connectivity index (χ1n) is 6.88. The smallest absolute Gasteiger partial charge is 0.151 e. The molecular weight excluding hydrogens is 253 g/mol. The van der Waals surface area contributed by atoms with Crippen molar-refractivity contribution in [1.29, 1.82) is 0 Å². The van der Waals surface area contributed by atoms with E-state index < -0.39 is 0 Å². The maximum absolute atomic E-state index is 13.2. The van der Waals surface area contributed by atoms with Crippen LogP contribution in [0.4, 0.5) is 10.2 Å². The van der Waals surface area contributed by atoms with Crippen LogP contribution < -0.4 is 5.32 Å². The van der Waals surface area contributed by atoms with Gasteiger partial charge in [0.25, 0.3) is 0 Å². The summed E-state index contributed by atoms with van der Waals surface area (Å²) >= 11 is 0. The van der Waals surface area contributed by atoms with Gasteiger partial charge in [-0.25, -0.2) is 4.39 Å². The molecule has 0 bridgehead atoms. The normalized spacial score (nSPS) is 10.7. The van der Waals surface area contributed by atoms with Gasteiger partial charge in [-0.05, 0) is 62.1 Å². The number of nitrogens with zero attached hydrogens (tertiary/aromatic N) is 2. The van der Waals surface area contributed by atoms with Gasteiger partial charge in [0.1, 0.15) is 5.82 Å². The zero-order valence-electron chi connectivity index (χ0n) is 12.4. The molecule has 106 valence electrons. The van der Waals surface area contributed by atoms with E-state index in [1.54, 1.807) is 6.07 Å². The molecule has 0 unspecified atom stereocenters. The van der Waals surface area contributed by atoms with Crippen LogP contribution >= 0.6 is 0 Å². The molecule has 3 nitrogen and oxygen atoms in total. The van der Waals surface area contributed by atoms with Crippen molar-refractivity contribution in [2.24, 2.45) is 0 Å². The molecule has 1 aromatic carbocycles. The van der Waals surface area contributed by atoms with Gasteiger partial charge in [-0.3, -0.25) is 0 Å². The van der Waals surface area contributed by atoms with Crippen molar-refractivity contribution in [2.75, 3.05) is 11.9 Å². The van der Waals surface area contributed by atoms with Gasteiger partial charge < -0.3 is 5.32 Å². The Morgan fingerprint density at radius 3 is 2.50 bits per heavy atom. The van der Waals surface area contributed by atoms with E-state index >= 15 is 0 Å². The summed E-state index contributed by atoms with van der Waals surface area (Å²) in [6, 6.07) is 4.75. The highest BCUT2D eigenvalue weighted by atomic mass is 19.1. The molecular formula is C16H20FN3. The second-order valence-corrected chi connectivity index (χ2v) is 5.03. The number of hydrogen-bond acceptors (Lipinski definition) is 3. The van der Waals surface area contributed by atoms with Crippen molar-refractivity contribution < 1.29 is 4.39 Å². The molecule has 0 aliphatic carbocycles. The molecule has 0 aliphatic rings. The molecule has 0 spiro atoms. The van der Waals surface area contributed by atoms with Gasteiger partial charge in [0.15, 0.2) is 5.82 Å². The van der Waals surface area contributed by atoms with Gasteiger partial charge >= 0.3 is 0 Å². The highest BCUT2D eigenvalue weighted by Crippen LogP contribution is 2.28. The van der Waals surface area contributed by atoms with Crippen LogP contribution in [0.2, 0.25) is 0 Å². The van der Waals surface area contributed by atoms with E-state index in [2.05, 4.69) is 22.4 Å². The monoisotopic (exact) mass is 273 g/mol. The highest BCUT2D eigenvalue weighted by molar-refractivity contribution is 5.69. The van der Waals surface area contributed by atoms with Crippen molar-refractivity contribution in [3.8, 4) is 11.3 Å². The van der Waals surface area contributed by atoms with Crippen molar-refractivity contribution in [3.63, 3.8) is 0 Å².